The predicted molar refractivity (Wildman–Crippen MR) is 137 cm³/mol. The molecular formula is C27H32N4O6. The maximum absolute atomic E-state index is 12.9. The second kappa shape index (κ2) is 11.3. The number of carbonyl (C=O) groups is 3. The highest BCUT2D eigenvalue weighted by Crippen LogP contribution is 2.27. The summed E-state index contributed by atoms with van der Waals surface area (Å²) in [6, 6.07) is 9.99. The molecule has 0 atom stereocenters. The molecule has 1 fully saturated rings. The van der Waals surface area contributed by atoms with Gasteiger partial charge in [0.05, 0.1) is 24.7 Å². The monoisotopic (exact) mass is 508 g/mol. The molecule has 4 rings (SSSR count). The highest BCUT2D eigenvalue weighted by molar-refractivity contribution is 5.98. The number of nitrogens with zero attached hydrogens (tertiary/aromatic N) is 3. The highest BCUT2D eigenvalue weighted by atomic mass is 16.6. The van der Waals surface area contributed by atoms with Crippen molar-refractivity contribution in [2.75, 3.05) is 27.7 Å². The van der Waals surface area contributed by atoms with Gasteiger partial charge in [-0.2, -0.15) is 5.10 Å². The van der Waals surface area contributed by atoms with E-state index in [1.54, 1.807) is 37.0 Å². The third-order valence-electron chi connectivity index (χ3n) is 6.67. The van der Waals surface area contributed by atoms with Crippen molar-refractivity contribution < 1.29 is 29.0 Å². The van der Waals surface area contributed by atoms with E-state index in [1.165, 1.54) is 37.0 Å². The van der Waals surface area contributed by atoms with E-state index in [1.807, 2.05) is 6.07 Å². The van der Waals surface area contributed by atoms with Crippen molar-refractivity contribution in [3.63, 3.8) is 0 Å². The zero-order valence-corrected chi connectivity index (χ0v) is 21.3. The summed E-state index contributed by atoms with van der Waals surface area (Å²) in [7, 11) is 4.68. The normalized spacial score (nSPS) is 13.5. The van der Waals surface area contributed by atoms with Crippen molar-refractivity contribution in [1.29, 1.82) is 0 Å². The predicted octanol–water partition coefficient (Wildman–Crippen LogP) is 3.91. The van der Waals surface area contributed by atoms with Crippen molar-refractivity contribution >= 4 is 28.9 Å². The number of hydrogen-bond donors (Lipinski definition) is 2. The van der Waals surface area contributed by atoms with Gasteiger partial charge in [-0.3, -0.25) is 9.48 Å². The average molecular weight is 509 g/mol. The van der Waals surface area contributed by atoms with E-state index >= 15 is 0 Å². The molecule has 2 amide bonds. The van der Waals surface area contributed by atoms with Gasteiger partial charge in [0.1, 0.15) is 18.1 Å². The summed E-state index contributed by atoms with van der Waals surface area (Å²) in [4.78, 5) is 37.6. The van der Waals surface area contributed by atoms with Crippen LogP contribution in [0.5, 0.6) is 5.75 Å². The number of carboxylic acid groups (broad SMARTS) is 1. The lowest BCUT2D eigenvalue weighted by Gasteiger charge is -2.12. The van der Waals surface area contributed by atoms with Crippen LogP contribution in [-0.2, 0) is 17.9 Å². The van der Waals surface area contributed by atoms with E-state index in [9.17, 15) is 19.5 Å². The lowest BCUT2D eigenvalue weighted by molar-refractivity contribution is 0.0696. The summed E-state index contributed by atoms with van der Waals surface area (Å²) < 4.78 is 12.5. The fourth-order valence-electron chi connectivity index (χ4n) is 4.59. The van der Waals surface area contributed by atoms with Crippen molar-refractivity contribution in [3.05, 3.63) is 58.8 Å². The number of fused-ring (bicyclic) bond motifs is 1. The SMILES string of the molecule is COc1cc(C(=O)O)ccc1Cn1nc(COC(=O)N(C)C)c2ccc(C(=O)NCC3CCCC3)cc21. The van der Waals surface area contributed by atoms with Crippen LogP contribution in [0.1, 0.15) is 57.7 Å². The Hall–Kier alpha value is -4.08. The number of hydrogen-bond acceptors (Lipinski definition) is 6. The molecule has 10 heteroatoms. The molecule has 1 heterocycles. The zero-order chi connectivity index (χ0) is 26.5. The van der Waals surface area contributed by atoms with Crippen LogP contribution in [-0.4, -0.2) is 65.5 Å². The number of benzene rings is 2. The lowest BCUT2D eigenvalue weighted by atomic mass is 10.1. The largest absolute Gasteiger partial charge is 0.496 e. The lowest BCUT2D eigenvalue weighted by Crippen LogP contribution is -2.28. The molecule has 1 saturated carbocycles. The van der Waals surface area contributed by atoms with E-state index in [4.69, 9.17) is 9.47 Å². The first-order chi connectivity index (χ1) is 17.8. The maximum atomic E-state index is 12.9. The van der Waals surface area contributed by atoms with Gasteiger partial charge in [-0.25, -0.2) is 9.59 Å². The molecule has 0 aliphatic heterocycles. The quantitative estimate of drug-likeness (QED) is 0.449. The Morgan fingerprint density at radius 1 is 1.11 bits per heavy atom. The Kier molecular flexibility index (Phi) is 7.95. The number of amides is 2. The Balaban J connectivity index is 1.66. The van der Waals surface area contributed by atoms with Gasteiger partial charge in [0, 0.05) is 37.2 Å². The van der Waals surface area contributed by atoms with E-state index in [2.05, 4.69) is 10.4 Å². The summed E-state index contributed by atoms with van der Waals surface area (Å²) in [5.74, 6) is -0.259. The summed E-state index contributed by atoms with van der Waals surface area (Å²) in [6.07, 6.45) is 4.22. The van der Waals surface area contributed by atoms with Gasteiger partial charge in [0.2, 0.25) is 0 Å². The topological polar surface area (TPSA) is 123 Å². The number of rotatable bonds is 9. The average Bonchev–Trinajstić information content (AvgIpc) is 3.53. The van der Waals surface area contributed by atoms with Crippen molar-refractivity contribution in [1.82, 2.24) is 20.0 Å². The summed E-state index contributed by atoms with van der Waals surface area (Å²) in [5, 5.41) is 17.8. The van der Waals surface area contributed by atoms with E-state index in [0.717, 1.165) is 18.2 Å². The molecule has 196 valence electrons. The molecule has 37 heavy (non-hydrogen) atoms. The molecule has 2 aromatic carbocycles. The molecule has 0 saturated heterocycles. The minimum absolute atomic E-state index is 0.0389. The number of carboxylic acids is 1. The molecule has 0 unspecified atom stereocenters. The number of carbonyl (C=O) groups excluding carboxylic acids is 2. The first-order valence-corrected chi connectivity index (χ1v) is 12.3. The van der Waals surface area contributed by atoms with Gasteiger partial charge < -0.3 is 24.8 Å². The highest BCUT2D eigenvalue weighted by Gasteiger charge is 2.19. The van der Waals surface area contributed by atoms with Crippen LogP contribution in [0.4, 0.5) is 4.79 Å². The minimum Gasteiger partial charge on any atom is -0.496 e. The molecule has 10 nitrogen and oxygen atoms in total. The third-order valence-corrected chi connectivity index (χ3v) is 6.67. The Morgan fingerprint density at radius 2 is 1.84 bits per heavy atom. The van der Waals surface area contributed by atoms with Gasteiger partial charge in [0.15, 0.2) is 0 Å². The standard InChI is InChI=1S/C27H32N4O6/c1-30(2)27(35)37-16-22-21-11-10-18(25(32)28-14-17-6-4-5-7-17)12-23(21)31(29-22)15-20-9-8-19(26(33)34)13-24(20)36-3/h8-13,17H,4-7,14-16H2,1-3H3,(H,28,32)(H,33,34). The fraction of sp³-hybridized carbons (Fsp3) is 0.407. The van der Waals surface area contributed by atoms with Crippen molar-refractivity contribution in [2.45, 2.75) is 38.8 Å². The molecule has 2 N–H and O–H groups in total. The van der Waals surface area contributed by atoms with Gasteiger partial charge in [-0.1, -0.05) is 18.9 Å². The van der Waals surface area contributed by atoms with Gasteiger partial charge in [-0.05, 0) is 49.1 Å². The van der Waals surface area contributed by atoms with E-state index in [0.29, 0.717) is 40.5 Å². The second-order valence-corrected chi connectivity index (χ2v) is 9.48. The first kappa shape index (κ1) is 26.0. The molecular weight excluding hydrogens is 476 g/mol. The molecule has 1 aliphatic rings. The zero-order valence-electron chi connectivity index (χ0n) is 21.3. The third kappa shape index (κ3) is 6.02. The molecule has 1 aliphatic carbocycles. The van der Waals surface area contributed by atoms with Crippen LogP contribution in [0.2, 0.25) is 0 Å². The minimum atomic E-state index is -1.05. The van der Waals surface area contributed by atoms with E-state index in [-0.39, 0.29) is 24.6 Å². The fourth-order valence-corrected chi connectivity index (χ4v) is 4.59. The Bertz CT molecular complexity index is 1310. The number of ether oxygens (including phenoxy) is 2. The first-order valence-electron chi connectivity index (χ1n) is 12.3. The van der Waals surface area contributed by atoms with Crippen LogP contribution >= 0.6 is 0 Å². The van der Waals surface area contributed by atoms with Crippen LogP contribution in [0.3, 0.4) is 0 Å². The Morgan fingerprint density at radius 3 is 2.51 bits per heavy atom. The van der Waals surface area contributed by atoms with Crippen LogP contribution in [0, 0.1) is 5.92 Å². The molecule has 0 radical (unpaired) electrons. The number of nitrogens with one attached hydrogen (secondary N) is 1. The van der Waals surface area contributed by atoms with Gasteiger partial charge >= 0.3 is 12.1 Å². The van der Waals surface area contributed by atoms with Gasteiger partial charge in [-0.15, -0.1) is 0 Å². The maximum Gasteiger partial charge on any atom is 0.409 e. The molecule has 3 aromatic rings. The van der Waals surface area contributed by atoms with Crippen LogP contribution in [0.25, 0.3) is 10.9 Å². The second-order valence-electron chi connectivity index (χ2n) is 9.48. The van der Waals surface area contributed by atoms with Crippen LogP contribution < -0.4 is 10.1 Å². The molecule has 0 spiro atoms. The Labute approximate surface area is 215 Å². The number of aromatic nitrogens is 2. The molecule has 0 bridgehead atoms. The summed E-state index contributed by atoms with van der Waals surface area (Å²) in [6.45, 7) is 0.881. The summed E-state index contributed by atoms with van der Waals surface area (Å²) in [5.41, 5.74) is 2.57. The smallest absolute Gasteiger partial charge is 0.409 e. The van der Waals surface area contributed by atoms with Gasteiger partial charge in [0.25, 0.3) is 5.91 Å². The van der Waals surface area contributed by atoms with Crippen molar-refractivity contribution in [2.24, 2.45) is 5.92 Å². The summed E-state index contributed by atoms with van der Waals surface area (Å²) >= 11 is 0. The van der Waals surface area contributed by atoms with Crippen LogP contribution in [0.15, 0.2) is 36.4 Å². The molecule has 1 aromatic heterocycles. The van der Waals surface area contributed by atoms with Crippen molar-refractivity contribution in [3.8, 4) is 5.75 Å². The number of aromatic carboxylic acids is 1. The number of methoxy groups -OCH3 is 1. The van der Waals surface area contributed by atoms with E-state index < -0.39 is 12.1 Å².